The number of benzene rings is 1. The van der Waals surface area contributed by atoms with E-state index in [0.717, 1.165) is 16.1 Å². The molecule has 0 bridgehead atoms. The Morgan fingerprint density at radius 3 is 3.12 bits per heavy atom. The highest BCUT2D eigenvalue weighted by Crippen LogP contribution is 2.17. The Hall–Kier alpha value is -2.21. The molecule has 0 radical (unpaired) electrons. The summed E-state index contributed by atoms with van der Waals surface area (Å²) in [6.45, 7) is 0. The quantitative estimate of drug-likeness (QED) is 0.568. The van der Waals surface area contributed by atoms with Crippen LogP contribution in [0.15, 0.2) is 45.4 Å². The third-order valence-electron chi connectivity index (χ3n) is 2.08. The van der Waals surface area contributed by atoms with Gasteiger partial charge in [0.05, 0.1) is 6.21 Å². The molecule has 1 N–H and O–H groups in total. The van der Waals surface area contributed by atoms with Gasteiger partial charge in [-0.05, 0) is 12.1 Å². The average Bonchev–Trinajstić information content (AvgIpc) is 2.96. The summed E-state index contributed by atoms with van der Waals surface area (Å²) in [5.41, 5.74) is 4.27. The van der Waals surface area contributed by atoms with Gasteiger partial charge in [-0.25, -0.2) is 10.4 Å². The Bertz CT molecular complexity index is 611. The first kappa shape index (κ1) is 9.98. The molecule has 3 aromatic rings. The number of anilines is 1. The number of fused-ring (bicyclic) bond motifs is 1. The number of nitrogens with zero attached hydrogens (tertiary/aromatic N) is 3. The fraction of sp³-hybridized carbons (Fsp3) is 0. The fourth-order valence-electron chi connectivity index (χ4n) is 1.36. The van der Waals surface area contributed by atoms with E-state index in [9.17, 15) is 0 Å². The van der Waals surface area contributed by atoms with E-state index in [2.05, 4.69) is 20.5 Å². The Kier molecular flexibility index (Phi) is 2.55. The second kappa shape index (κ2) is 4.34. The van der Waals surface area contributed by atoms with E-state index in [1.165, 1.54) is 11.3 Å². The minimum absolute atomic E-state index is 0.374. The Labute approximate surface area is 101 Å². The lowest BCUT2D eigenvalue weighted by molar-refractivity contribution is 0.617. The predicted molar refractivity (Wildman–Crippen MR) is 67.3 cm³/mol. The normalized spacial score (nSPS) is 11.3. The first-order chi connectivity index (χ1) is 8.42. The molecule has 0 amide bonds. The number of hydrogen-bond donors (Lipinski definition) is 1. The highest BCUT2D eigenvalue weighted by atomic mass is 32.1. The molecule has 0 aliphatic heterocycles. The molecule has 84 valence electrons. The monoisotopic (exact) mass is 244 g/mol. The zero-order chi connectivity index (χ0) is 11.5. The summed E-state index contributed by atoms with van der Waals surface area (Å²) >= 11 is 1.51. The smallest absolute Gasteiger partial charge is 0.316 e. The first-order valence-corrected chi connectivity index (χ1v) is 5.84. The van der Waals surface area contributed by atoms with Crippen molar-refractivity contribution in [3.05, 3.63) is 40.8 Å². The van der Waals surface area contributed by atoms with Gasteiger partial charge in [-0.3, -0.25) is 0 Å². The lowest BCUT2D eigenvalue weighted by Gasteiger charge is -1.89. The maximum absolute atomic E-state index is 5.43. The lowest BCUT2D eigenvalue weighted by Crippen LogP contribution is -1.89. The van der Waals surface area contributed by atoms with Crippen LogP contribution < -0.4 is 5.43 Å². The van der Waals surface area contributed by atoms with Gasteiger partial charge in [-0.1, -0.05) is 12.1 Å². The minimum Gasteiger partial charge on any atom is -0.422 e. The van der Waals surface area contributed by atoms with Crippen molar-refractivity contribution in [2.24, 2.45) is 5.10 Å². The van der Waals surface area contributed by atoms with Crippen molar-refractivity contribution in [3.8, 4) is 0 Å². The third kappa shape index (κ3) is 2.16. The summed E-state index contributed by atoms with van der Waals surface area (Å²) in [6.07, 6.45) is 3.35. The van der Waals surface area contributed by atoms with Gasteiger partial charge in [0.15, 0.2) is 5.58 Å². The van der Waals surface area contributed by atoms with Gasteiger partial charge in [0.1, 0.15) is 10.5 Å². The van der Waals surface area contributed by atoms with Crippen LogP contribution in [0.2, 0.25) is 0 Å². The van der Waals surface area contributed by atoms with Crippen molar-refractivity contribution in [3.63, 3.8) is 0 Å². The summed E-state index contributed by atoms with van der Waals surface area (Å²) in [5.74, 6) is 0. The number of aromatic nitrogens is 2. The molecule has 0 aliphatic rings. The number of oxazole rings is 1. The van der Waals surface area contributed by atoms with Crippen molar-refractivity contribution >= 4 is 34.7 Å². The van der Waals surface area contributed by atoms with Crippen molar-refractivity contribution in [2.45, 2.75) is 0 Å². The van der Waals surface area contributed by atoms with E-state index >= 15 is 0 Å². The van der Waals surface area contributed by atoms with Crippen LogP contribution in [0.25, 0.3) is 11.1 Å². The molecule has 0 fully saturated rings. The van der Waals surface area contributed by atoms with Gasteiger partial charge in [-0.2, -0.15) is 10.1 Å². The molecule has 2 heterocycles. The van der Waals surface area contributed by atoms with Gasteiger partial charge in [0.2, 0.25) is 0 Å². The standard InChI is InChI=1S/C11H8N4OS/c1-2-4-9-8(3-1)14-11(16-9)15-13-7-10-12-5-6-17-10/h1-7H,(H,14,15)/b13-7+. The van der Waals surface area contributed by atoms with Crippen LogP contribution >= 0.6 is 11.3 Å². The number of nitrogens with one attached hydrogen (secondary N) is 1. The number of rotatable bonds is 3. The molecule has 0 saturated carbocycles. The van der Waals surface area contributed by atoms with E-state index in [4.69, 9.17) is 4.42 Å². The van der Waals surface area contributed by atoms with Crippen LogP contribution in [-0.4, -0.2) is 16.2 Å². The van der Waals surface area contributed by atoms with Gasteiger partial charge >= 0.3 is 6.01 Å². The second-order valence-electron chi connectivity index (χ2n) is 3.23. The Morgan fingerprint density at radius 1 is 1.35 bits per heavy atom. The topological polar surface area (TPSA) is 63.3 Å². The van der Waals surface area contributed by atoms with Gasteiger partial charge in [-0.15, -0.1) is 11.3 Å². The van der Waals surface area contributed by atoms with Crippen molar-refractivity contribution < 1.29 is 4.42 Å². The van der Waals surface area contributed by atoms with Crippen molar-refractivity contribution in [1.82, 2.24) is 9.97 Å². The molecule has 3 rings (SSSR count). The summed E-state index contributed by atoms with van der Waals surface area (Å²) in [7, 11) is 0. The Balaban J connectivity index is 1.77. The van der Waals surface area contributed by atoms with Crippen LogP contribution in [0.5, 0.6) is 0 Å². The molecule has 1 aromatic carbocycles. The summed E-state index contributed by atoms with van der Waals surface area (Å²) in [4.78, 5) is 8.29. The van der Waals surface area contributed by atoms with Crippen LogP contribution in [0.1, 0.15) is 5.01 Å². The van der Waals surface area contributed by atoms with E-state index in [-0.39, 0.29) is 0 Å². The summed E-state index contributed by atoms with van der Waals surface area (Å²) < 4.78 is 5.43. The molecule has 0 saturated heterocycles. The minimum atomic E-state index is 0.374. The number of hydrazone groups is 1. The van der Waals surface area contributed by atoms with Crippen LogP contribution in [-0.2, 0) is 0 Å². The molecule has 17 heavy (non-hydrogen) atoms. The highest BCUT2D eigenvalue weighted by Gasteiger charge is 2.02. The van der Waals surface area contributed by atoms with Crippen LogP contribution in [0.3, 0.4) is 0 Å². The first-order valence-electron chi connectivity index (χ1n) is 4.96. The Morgan fingerprint density at radius 2 is 2.29 bits per heavy atom. The SMILES string of the molecule is C(=N\Nc1nc2ccccc2o1)/c1nccs1. The zero-order valence-electron chi connectivity index (χ0n) is 8.70. The number of hydrogen-bond acceptors (Lipinski definition) is 6. The summed E-state index contributed by atoms with van der Waals surface area (Å²) in [6, 6.07) is 7.93. The van der Waals surface area contributed by atoms with Crippen molar-refractivity contribution in [1.29, 1.82) is 0 Å². The lowest BCUT2D eigenvalue weighted by atomic mass is 10.3. The van der Waals surface area contributed by atoms with Crippen molar-refractivity contribution in [2.75, 3.05) is 5.43 Å². The average molecular weight is 244 g/mol. The molecule has 6 heteroatoms. The van der Waals surface area contributed by atoms with Gasteiger partial charge < -0.3 is 4.42 Å². The molecule has 0 spiro atoms. The van der Waals surface area contributed by atoms with E-state index in [1.54, 1.807) is 12.4 Å². The molecule has 0 atom stereocenters. The van der Waals surface area contributed by atoms with Crippen LogP contribution in [0.4, 0.5) is 6.01 Å². The fourth-order valence-corrected chi connectivity index (χ4v) is 1.86. The predicted octanol–water partition coefficient (Wildman–Crippen LogP) is 2.73. The molecule has 5 nitrogen and oxygen atoms in total. The van der Waals surface area contributed by atoms with Gasteiger partial charge in [0, 0.05) is 11.6 Å². The zero-order valence-corrected chi connectivity index (χ0v) is 9.52. The third-order valence-corrected chi connectivity index (χ3v) is 2.79. The van der Waals surface area contributed by atoms with Crippen LogP contribution in [0, 0.1) is 0 Å². The van der Waals surface area contributed by atoms with Gasteiger partial charge in [0.25, 0.3) is 0 Å². The summed E-state index contributed by atoms with van der Waals surface area (Å²) in [5, 5.41) is 6.71. The molecular weight excluding hydrogens is 236 g/mol. The highest BCUT2D eigenvalue weighted by molar-refractivity contribution is 7.11. The number of thiazole rings is 1. The van der Waals surface area contributed by atoms with E-state index < -0.39 is 0 Å². The maximum atomic E-state index is 5.43. The van der Waals surface area contributed by atoms with E-state index in [1.807, 2.05) is 29.6 Å². The molecule has 0 unspecified atom stereocenters. The van der Waals surface area contributed by atoms with E-state index in [0.29, 0.717) is 6.01 Å². The second-order valence-corrected chi connectivity index (χ2v) is 4.15. The molecule has 0 aliphatic carbocycles. The molecular formula is C11H8N4OS. The maximum Gasteiger partial charge on any atom is 0.316 e. The number of para-hydroxylation sites is 2. The molecule has 2 aromatic heterocycles. The largest absolute Gasteiger partial charge is 0.422 e.